The van der Waals surface area contributed by atoms with Gasteiger partial charge in [-0.05, 0) is 30.8 Å². The van der Waals surface area contributed by atoms with Crippen molar-refractivity contribution >= 4 is 29.0 Å². The Balaban J connectivity index is 2.42. The zero-order valence-corrected chi connectivity index (χ0v) is 11.4. The second-order valence-electron chi connectivity index (χ2n) is 3.66. The topological polar surface area (TPSA) is 64.6 Å². The third kappa shape index (κ3) is 2.90. The predicted octanol–water partition coefficient (Wildman–Crippen LogP) is 2.42. The van der Waals surface area contributed by atoms with Crippen LogP contribution in [-0.2, 0) is 4.79 Å². The van der Waals surface area contributed by atoms with Gasteiger partial charge in [0.1, 0.15) is 0 Å². The molecule has 0 aliphatic carbocycles. The summed E-state index contributed by atoms with van der Waals surface area (Å²) < 4.78 is 10.8. The summed E-state index contributed by atoms with van der Waals surface area (Å²) in [6.07, 6.45) is 1.62. The van der Waals surface area contributed by atoms with Gasteiger partial charge in [-0.3, -0.25) is 14.9 Å². The van der Waals surface area contributed by atoms with E-state index in [1.54, 1.807) is 31.4 Å². The Kier molecular flexibility index (Phi) is 4.11. The van der Waals surface area contributed by atoms with Gasteiger partial charge in [-0.25, -0.2) is 0 Å². The highest BCUT2D eigenvalue weighted by molar-refractivity contribution is 8.18. The molecule has 0 unspecified atom stereocenters. The van der Waals surface area contributed by atoms with Gasteiger partial charge in [-0.15, -0.1) is 0 Å². The maximum atomic E-state index is 11.5. The summed E-state index contributed by atoms with van der Waals surface area (Å²) in [4.78, 5) is 23.0. The van der Waals surface area contributed by atoms with E-state index >= 15 is 0 Å². The van der Waals surface area contributed by atoms with E-state index in [1.165, 1.54) is 0 Å². The highest BCUT2D eigenvalue weighted by Gasteiger charge is 2.25. The average Bonchev–Trinajstić information content (AvgIpc) is 2.70. The van der Waals surface area contributed by atoms with Gasteiger partial charge in [0, 0.05) is 5.56 Å². The Morgan fingerprint density at radius 2 is 2.16 bits per heavy atom. The zero-order chi connectivity index (χ0) is 13.8. The standard InChI is InChI=1S/C13H13NO4S/c1-3-18-11-8(5-4-6-9(11)17-2)7-10-12(15)14-13(16)19-10/h4-7H,3H2,1-2H3,(H,14,15,16)/b10-7-. The van der Waals surface area contributed by atoms with Crippen LogP contribution in [0.1, 0.15) is 12.5 Å². The Morgan fingerprint density at radius 3 is 2.74 bits per heavy atom. The van der Waals surface area contributed by atoms with Crippen molar-refractivity contribution in [3.8, 4) is 11.5 Å². The van der Waals surface area contributed by atoms with Crippen molar-refractivity contribution in [3.05, 3.63) is 28.7 Å². The first-order chi connectivity index (χ1) is 9.15. The molecule has 1 N–H and O–H groups in total. The minimum atomic E-state index is -0.389. The Labute approximate surface area is 115 Å². The number of amides is 2. The molecule has 100 valence electrons. The van der Waals surface area contributed by atoms with Gasteiger partial charge >= 0.3 is 0 Å². The number of carbonyl (C=O) groups is 2. The lowest BCUT2D eigenvalue weighted by Gasteiger charge is -2.12. The van der Waals surface area contributed by atoms with Crippen molar-refractivity contribution in [1.29, 1.82) is 0 Å². The zero-order valence-electron chi connectivity index (χ0n) is 10.6. The van der Waals surface area contributed by atoms with Crippen molar-refractivity contribution in [2.45, 2.75) is 6.92 Å². The molecule has 1 aromatic carbocycles. The van der Waals surface area contributed by atoms with Crippen molar-refractivity contribution in [1.82, 2.24) is 5.32 Å². The molecular formula is C13H13NO4S. The lowest BCUT2D eigenvalue weighted by molar-refractivity contribution is -0.115. The minimum Gasteiger partial charge on any atom is -0.493 e. The Bertz CT molecular complexity index is 554. The van der Waals surface area contributed by atoms with Crippen LogP contribution in [0.4, 0.5) is 4.79 Å². The number of carbonyl (C=O) groups excluding carboxylic acids is 2. The highest BCUT2D eigenvalue weighted by Crippen LogP contribution is 2.35. The number of hydrogen-bond acceptors (Lipinski definition) is 5. The summed E-state index contributed by atoms with van der Waals surface area (Å²) in [5, 5.41) is 1.85. The normalized spacial score (nSPS) is 16.6. The summed E-state index contributed by atoms with van der Waals surface area (Å²) in [5.41, 5.74) is 0.702. The van der Waals surface area contributed by atoms with E-state index < -0.39 is 0 Å². The first-order valence-corrected chi connectivity index (χ1v) is 6.52. The number of benzene rings is 1. The number of thioether (sulfide) groups is 1. The van der Waals surface area contributed by atoms with Crippen LogP contribution in [0.2, 0.25) is 0 Å². The van der Waals surface area contributed by atoms with E-state index in [-0.39, 0.29) is 11.1 Å². The van der Waals surface area contributed by atoms with Crippen LogP contribution < -0.4 is 14.8 Å². The molecule has 0 saturated carbocycles. The Morgan fingerprint density at radius 1 is 1.37 bits per heavy atom. The van der Waals surface area contributed by atoms with Crippen LogP contribution in [0, 0.1) is 0 Å². The summed E-state index contributed by atoms with van der Waals surface area (Å²) >= 11 is 0.874. The maximum absolute atomic E-state index is 11.5. The maximum Gasteiger partial charge on any atom is 0.290 e. The number of hydrogen-bond donors (Lipinski definition) is 1. The molecule has 1 saturated heterocycles. The lowest BCUT2D eigenvalue weighted by Crippen LogP contribution is -2.17. The van der Waals surface area contributed by atoms with E-state index in [0.29, 0.717) is 28.6 Å². The fraction of sp³-hybridized carbons (Fsp3) is 0.231. The third-order valence-electron chi connectivity index (χ3n) is 2.45. The molecule has 1 aliphatic rings. The first-order valence-electron chi connectivity index (χ1n) is 5.70. The molecule has 2 amide bonds. The molecular weight excluding hydrogens is 266 g/mol. The molecule has 1 fully saturated rings. The van der Waals surface area contributed by atoms with Gasteiger partial charge in [-0.2, -0.15) is 0 Å². The summed E-state index contributed by atoms with van der Waals surface area (Å²) in [6.45, 7) is 2.35. The number of methoxy groups -OCH3 is 1. The van der Waals surface area contributed by atoms with Gasteiger partial charge in [0.25, 0.3) is 11.1 Å². The SMILES string of the molecule is CCOc1c(/C=C2\SC(=O)NC2=O)cccc1OC. The number of rotatable bonds is 4. The van der Waals surface area contributed by atoms with Gasteiger partial charge in [0.2, 0.25) is 0 Å². The second kappa shape index (κ2) is 5.79. The second-order valence-corrected chi connectivity index (χ2v) is 4.68. The lowest BCUT2D eigenvalue weighted by atomic mass is 10.1. The van der Waals surface area contributed by atoms with Crippen LogP contribution in [0.15, 0.2) is 23.1 Å². The third-order valence-corrected chi connectivity index (χ3v) is 3.26. The molecule has 19 heavy (non-hydrogen) atoms. The molecule has 2 rings (SSSR count). The molecule has 0 atom stereocenters. The van der Waals surface area contributed by atoms with Crippen molar-refractivity contribution in [2.75, 3.05) is 13.7 Å². The van der Waals surface area contributed by atoms with Crippen LogP contribution in [0.5, 0.6) is 11.5 Å². The number of nitrogens with one attached hydrogen (secondary N) is 1. The van der Waals surface area contributed by atoms with Crippen molar-refractivity contribution in [3.63, 3.8) is 0 Å². The predicted molar refractivity (Wildman–Crippen MR) is 73.3 cm³/mol. The van der Waals surface area contributed by atoms with Crippen molar-refractivity contribution in [2.24, 2.45) is 0 Å². The van der Waals surface area contributed by atoms with E-state index in [2.05, 4.69) is 5.32 Å². The van der Waals surface area contributed by atoms with E-state index in [4.69, 9.17) is 9.47 Å². The Hall–Kier alpha value is -1.95. The molecule has 0 spiro atoms. The molecule has 1 aromatic rings. The molecule has 1 heterocycles. The molecule has 6 heteroatoms. The molecule has 1 aliphatic heterocycles. The van der Waals surface area contributed by atoms with E-state index in [0.717, 1.165) is 11.8 Å². The van der Waals surface area contributed by atoms with E-state index in [1.807, 2.05) is 6.92 Å². The van der Waals surface area contributed by atoms with Gasteiger partial charge in [0.15, 0.2) is 11.5 Å². The molecule has 0 bridgehead atoms. The number of para-hydroxylation sites is 1. The highest BCUT2D eigenvalue weighted by atomic mass is 32.2. The molecule has 0 aromatic heterocycles. The molecule has 0 radical (unpaired) electrons. The fourth-order valence-corrected chi connectivity index (χ4v) is 2.34. The average molecular weight is 279 g/mol. The van der Waals surface area contributed by atoms with Crippen molar-refractivity contribution < 1.29 is 19.1 Å². The van der Waals surface area contributed by atoms with Gasteiger partial charge < -0.3 is 9.47 Å². The van der Waals surface area contributed by atoms with Gasteiger partial charge in [-0.1, -0.05) is 12.1 Å². The quantitative estimate of drug-likeness (QED) is 0.857. The summed E-state index contributed by atoms with van der Waals surface area (Å²) in [5.74, 6) is 0.763. The summed E-state index contributed by atoms with van der Waals surface area (Å²) in [6, 6.07) is 5.38. The summed E-state index contributed by atoms with van der Waals surface area (Å²) in [7, 11) is 1.55. The number of ether oxygens (including phenoxy) is 2. The molecule has 5 nitrogen and oxygen atoms in total. The fourth-order valence-electron chi connectivity index (χ4n) is 1.67. The monoisotopic (exact) mass is 279 g/mol. The number of imide groups is 1. The van der Waals surface area contributed by atoms with E-state index in [9.17, 15) is 9.59 Å². The smallest absolute Gasteiger partial charge is 0.290 e. The largest absolute Gasteiger partial charge is 0.493 e. The van der Waals surface area contributed by atoms with Crippen LogP contribution in [0.25, 0.3) is 6.08 Å². The van der Waals surface area contributed by atoms with Gasteiger partial charge in [0.05, 0.1) is 18.6 Å². The minimum absolute atomic E-state index is 0.346. The van der Waals surface area contributed by atoms with Crippen LogP contribution in [0.3, 0.4) is 0 Å². The first kappa shape index (κ1) is 13.5. The van der Waals surface area contributed by atoms with Crippen LogP contribution >= 0.6 is 11.8 Å². The van der Waals surface area contributed by atoms with Crippen LogP contribution in [-0.4, -0.2) is 24.9 Å².